The molecule has 2 atom stereocenters. The van der Waals surface area contributed by atoms with Gasteiger partial charge in [0.05, 0.1) is 6.07 Å². The number of hydrogen-bond donors (Lipinski definition) is 3. The number of rotatable bonds is 6. The van der Waals surface area contributed by atoms with Crippen molar-refractivity contribution in [3.8, 4) is 6.07 Å². The Morgan fingerprint density at radius 2 is 2.06 bits per heavy atom. The highest BCUT2D eigenvalue weighted by atomic mass is 32.2. The van der Waals surface area contributed by atoms with E-state index < -0.39 is 12.2 Å². The van der Waals surface area contributed by atoms with E-state index in [1.165, 1.54) is 0 Å². The Balaban J connectivity index is 0. The number of nitriles is 1. The second-order valence-electron chi connectivity index (χ2n) is 3.13. The quantitative estimate of drug-likeness (QED) is 0.491. The van der Waals surface area contributed by atoms with Crippen molar-refractivity contribution in [3.63, 3.8) is 0 Å². The molecule has 0 spiro atoms. The minimum Gasteiger partial charge on any atom is -0.391 e. The molecule has 2 unspecified atom stereocenters. The average molecular weight is 264 g/mol. The lowest BCUT2D eigenvalue weighted by Gasteiger charge is -2.03. The lowest BCUT2D eigenvalue weighted by molar-refractivity contribution is 0.227. The second kappa shape index (κ2) is 12.7. The molecule has 0 aromatic heterocycles. The number of nitrogens with two attached hydrogens (primary N) is 1. The molecule has 0 heterocycles. The van der Waals surface area contributed by atoms with Gasteiger partial charge in [-0.05, 0) is 24.9 Å². The number of thiocarbonyl (C=S) groups is 1. The largest absolute Gasteiger partial charge is 0.391 e. The molecule has 16 heavy (non-hydrogen) atoms. The molecule has 0 bridgehead atoms. The summed E-state index contributed by atoms with van der Waals surface area (Å²) in [5, 5.41) is 25.5. The van der Waals surface area contributed by atoms with Crippen LogP contribution in [0.2, 0.25) is 0 Å². The average Bonchev–Trinajstić information content (AvgIpc) is 2.27. The zero-order valence-corrected chi connectivity index (χ0v) is 11.4. The van der Waals surface area contributed by atoms with Gasteiger partial charge in [0.2, 0.25) is 0 Å². The van der Waals surface area contributed by atoms with Crippen molar-refractivity contribution in [3.05, 3.63) is 0 Å². The van der Waals surface area contributed by atoms with E-state index in [-0.39, 0.29) is 4.99 Å². The summed E-state index contributed by atoms with van der Waals surface area (Å²) in [7, 11) is 0. The summed E-state index contributed by atoms with van der Waals surface area (Å²) in [6.45, 7) is 1.97. The molecule has 0 rings (SSSR count). The first-order valence-electron chi connectivity index (χ1n) is 5.03. The summed E-state index contributed by atoms with van der Waals surface area (Å²) in [5.41, 5.74) is 5.10. The first-order chi connectivity index (χ1) is 7.49. The predicted octanol–water partition coefficient (Wildman–Crippen LogP) is 1.06. The highest BCUT2D eigenvalue weighted by Gasteiger charge is 2.02. The molecular formula is C10H20N2O2S2. The molecule has 0 saturated carbocycles. The molecule has 0 radical (unpaired) electrons. The van der Waals surface area contributed by atoms with Crippen LogP contribution >= 0.6 is 24.0 Å². The Hall–Kier alpha value is -0.350. The predicted molar refractivity (Wildman–Crippen MR) is 72.3 cm³/mol. The minimum absolute atomic E-state index is 0.201. The molecule has 0 aromatic carbocycles. The fraction of sp³-hybridized carbons (Fsp3) is 0.800. The first kappa shape index (κ1) is 18.0. The zero-order chi connectivity index (χ0) is 13.0. The highest BCUT2D eigenvalue weighted by Crippen LogP contribution is 1.98. The minimum atomic E-state index is -0.762. The van der Waals surface area contributed by atoms with E-state index in [0.717, 1.165) is 12.2 Å². The molecule has 4 nitrogen and oxygen atoms in total. The van der Waals surface area contributed by atoms with Gasteiger partial charge in [-0.2, -0.15) is 17.0 Å². The van der Waals surface area contributed by atoms with Crippen LogP contribution in [0.3, 0.4) is 0 Å². The summed E-state index contributed by atoms with van der Waals surface area (Å²) >= 11 is 6.15. The number of thioether (sulfide) groups is 1. The summed E-state index contributed by atoms with van der Waals surface area (Å²) in [5.74, 6) is 0.856. The van der Waals surface area contributed by atoms with Crippen LogP contribution in [-0.2, 0) is 0 Å². The monoisotopic (exact) mass is 264 g/mol. The van der Waals surface area contributed by atoms with Crippen molar-refractivity contribution in [1.82, 2.24) is 0 Å². The van der Waals surface area contributed by atoms with E-state index in [9.17, 15) is 0 Å². The molecule has 0 saturated heterocycles. The fourth-order valence-corrected chi connectivity index (χ4v) is 1.29. The van der Waals surface area contributed by atoms with Gasteiger partial charge in [0, 0.05) is 0 Å². The maximum atomic E-state index is 8.86. The van der Waals surface area contributed by atoms with Gasteiger partial charge in [0.1, 0.15) is 17.2 Å². The first-order valence-corrected chi connectivity index (χ1v) is 6.83. The van der Waals surface area contributed by atoms with Crippen LogP contribution in [0.25, 0.3) is 0 Å². The molecule has 94 valence electrons. The van der Waals surface area contributed by atoms with E-state index in [2.05, 4.69) is 12.2 Å². The van der Waals surface area contributed by atoms with Crippen LogP contribution in [0, 0.1) is 11.3 Å². The van der Waals surface area contributed by atoms with E-state index in [1.807, 2.05) is 13.2 Å². The van der Waals surface area contributed by atoms with Crippen molar-refractivity contribution in [2.24, 2.45) is 5.73 Å². The van der Waals surface area contributed by atoms with E-state index in [4.69, 9.17) is 21.2 Å². The topological polar surface area (TPSA) is 90.3 Å². The van der Waals surface area contributed by atoms with Gasteiger partial charge >= 0.3 is 0 Å². The van der Waals surface area contributed by atoms with Crippen LogP contribution in [0.1, 0.15) is 26.2 Å². The van der Waals surface area contributed by atoms with Gasteiger partial charge in [0.25, 0.3) is 0 Å². The highest BCUT2D eigenvalue weighted by molar-refractivity contribution is 7.98. The lowest BCUT2D eigenvalue weighted by atomic mass is 10.2. The number of aliphatic hydroxyl groups is 2. The molecule has 0 aromatic rings. The van der Waals surface area contributed by atoms with Gasteiger partial charge < -0.3 is 15.9 Å². The van der Waals surface area contributed by atoms with Gasteiger partial charge in [-0.1, -0.05) is 25.6 Å². The van der Waals surface area contributed by atoms with Crippen LogP contribution in [0.4, 0.5) is 0 Å². The Bertz CT molecular complexity index is 219. The summed E-state index contributed by atoms with van der Waals surface area (Å²) in [6.07, 6.45) is 2.78. The summed E-state index contributed by atoms with van der Waals surface area (Å²) < 4.78 is 0. The third-order valence-electron chi connectivity index (χ3n) is 1.63. The van der Waals surface area contributed by atoms with Crippen LogP contribution in [0.15, 0.2) is 0 Å². The number of aliphatic hydroxyl groups excluding tert-OH is 2. The zero-order valence-electron chi connectivity index (χ0n) is 9.72. The third kappa shape index (κ3) is 13.7. The van der Waals surface area contributed by atoms with E-state index in [1.54, 1.807) is 17.8 Å². The second-order valence-corrected chi connectivity index (χ2v) is 4.59. The molecule has 6 heteroatoms. The van der Waals surface area contributed by atoms with Gasteiger partial charge in [0.15, 0.2) is 0 Å². The molecule has 0 aliphatic rings. The van der Waals surface area contributed by atoms with E-state index in [0.29, 0.717) is 12.8 Å². The van der Waals surface area contributed by atoms with Crippen LogP contribution < -0.4 is 5.73 Å². The maximum Gasteiger partial charge on any atom is 0.141 e. The fourth-order valence-electron chi connectivity index (χ4n) is 0.710. The molecule has 0 aliphatic carbocycles. The molecule has 0 fully saturated rings. The van der Waals surface area contributed by atoms with Crippen molar-refractivity contribution in [2.45, 2.75) is 38.4 Å². The Labute approximate surface area is 107 Å². The normalized spacial score (nSPS) is 12.9. The van der Waals surface area contributed by atoms with Crippen molar-refractivity contribution in [2.75, 3.05) is 12.0 Å². The third-order valence-corrected chi connectivity index (χ3v) is 2.55. The number of hydrogen-bond acceptors (Lipinski definition) is 5. The van der Waals surface area contributed by atoms with Gasteiger partial charge in [-0.15, -0.1) is 0 Å². The molecule has 0 aliphatic heterocycles. The Kier molecular flexibility index (Phi) is 14.3. The van der Waals surface area contributed by atoms with Crippen molar-refractivity contribution in [1.29, 1.82) is 5.26 Å². The van der Waals surface area contributed by atoms with Crippen molar-refractivity contribution >= 4 is 29.0 Å². The molecular weight excluding hydrogens is 244 g/mol. The van der Waals surface area contributed by atoms with Crippen molar-refractivity contribution < 1.29 is 10.2 Å². The Morgan fingerprint density at radius 3 is 2.31 bits per heavy atom. The van der Waals surface area contributed by atoms with E-state index >= 15 is 0 Å². The summed E-state index contributed by atoms with van der Waals surface area (Å²) in [4.78, 5) is 0.201. The smallest absolute Gasteiger partial charge is 0.141 e. The van der Waals surface area contributed by atoms with Gasteiger partial charge in [-0.25, -0.2) is 0 Å². The van der Waals surface area contributed by atoms with Crippen LogP contribution in [-0.4, -0.2) is 39.4 Å². The Morgan fingerprint density at radius 1 is 1.50 bits per heavy atom. The standard InChI is InChI=1S/C5H9NOS.C5H11NOS/c1-8-3-2-5(7)4-6;1-2-3-4(7)5(6)8/h5,7H,2-3H2,1H3;4,7H,2-3H2,1H3,(H2,6,8). The van der Waals surface area contributed by atoms with Crippen LogP contribution in [0.5, 0.6) is 0 Å². The SMILES string of the molecule is CCCC(O)C(N)=S.CSCCC(O)C#N. The number of nitrogens with zero attached hydrogens (tertiary/aromatic N) is 1. The maximum absolute atomic E-state index is 8.86. The molecule has 4 N–H and O–H groups in total. The lowest BCUT2D eigenvalue weighted by Crippen LogP contribution is -2.25. The van der Waals surface area contributed by atoms with Gasteiger partial charge in [-0.3, -0.25) is 0 Å². The summed E-state index contributed by atoms with van der Waals surface area (Å²) in [6, 6.07) is 1.74. The molecule has 0 amide bonds.